The van der Waals surface area contributed by atoms with E-state index in [2.05, 4.69) is 5.32 Å². The summed E-state index contributed by atoms with van der Waals surface area (Å²) in [7, 11) is 1.63. The number of benzene rings is 2. The van der Waals surface area contributed by atoms with Gasteiger partial charge in [0.2, 0.25) is 5.91 Å². The number of nitrogens with one attached hydrogen (secondary N) is 1. The largest absolute Gasteiger partial charge is 0.497 e. The van der Waals surface area contributed by atoms with Gasteiger partial charge in [-0.15, -0.1) is 11.8 Å². The first kappa shape index (κ1) is 17.2. The molecule has 0 heterocycles. The van der Waals surface area contributed by atoms with Crippen LogP contribution in [-0.2, 0) is 4.79 Å². The van der Waals surface area contributed by atoms with Crippen molar-refractivity contribution in [2.45, 2.75) is 24.0 Å². The molecule has 0 saturated carbocycles. The van der Waals surface area contributed by atoms with Crippen LogP contribution in [0.4, 0.5) is 5.69 Å². The Labute approximate surface area is 141 Å². The Morgan fingerprint density at radius 3 is 2.52 bits per heavy atom. The molecule has 5 heteroatoms. The van der Waals surface area contributed by atoms with Gasteiger partial charge in [-0.2, -0.15) is 0 Å². The van der Waals surface area contributed by atoms with Crippen LogP contribution in [0.2, 0.25) is 0 Å². The lowest BCUT2D eigenvalue weighted by atomic mass is 10.3. The predicted molar refractivity (Wildman–Crippen MR) is 94.6 cm³/mol. The van der Waals surface area contributed by atoms with Crippen molar-refractivity contribution in [3.05, 3.63) is 48.5 Å². The zero-order valence-electron chi connectivity index (χ0n) is 13.5. The second-order valence-electron chi connectivity index (χ2n) is 4.85. The molecule has 0 aliphatic heterocycles. The second-order valence-corrected chi connectivity index (χ2v) is 6.27. The highest BCUT2D eigenvalue weighted by Gasteiger charge is 2.16. The van der Waals surface area contributed by atoms with Crippen molar-refractivity contribution in [1.29, 1.82) is 0 Å². The first-order chi connectivity index (χ1) is 11.1. The molecule has 0 bridgehead atoms. The Balaban J connectivity index is 1.99. The van der Waals surface area contributed by atoms with Gasteiger partial charge >= 0.3 is 0 Å². The Kier molecular flexibility index (Phi) is 6.35. The van der Waals surface area contributed by atoms with E-state index in [1.54, 1.807) is 7.11 Å². The quantitative estimate of drug-likeness (QED) is 0.772. The van der Waals surface area contributed by atoms with Crippen LogP contribution in [0.5, 0.6) is 11.5 Å². The number of amides is 1. The maximum absolute atomic E-state index is 12.4. The highest BCUT2D eigenvalue weighted by molar-refractivity contribution is 8.00. The summed E-state index contributed by atoms with van der Waals surface area (Å²) in [6, 6.07) is 15.1. The van der Waals surface area contributed by atoms with E-state index in [1.807, 2.05) is 62.4 Å². The van der Waals surface area contributed by atoms with Gasteiger partial charge in [0.15, 0.2) is 0 Å². The van der Waals surface area contributed by atoms with E-state index >= 15 is 0 Å². The van der Waals surface area contributed by atoms with E-state index in [0.29, 0.717) is 18.0 Å². The molecule has 0 unspecified atom stereocenters. The van der Waals surface area contributed by atoms with Crippen LogP contribution in [0.15, 0.2) is 53.4 Å². The standard InChI is InChI=1S/C18H21NO3S/c1-4-22-17-8-6-5-7-16(17)19-18(20)13(2)23-15-11-9-14(21-3)10-12-15/h5-13H,4H2,1-3H3,(H,19,20)/t13-/m1/s1. The molecule has 4 nitrogen and oxygen atoms in total. The van der Waals surface area contributed by atoms with Gasteiger partial charge in [0.1, 0.15) is 11.5 Å². The van der Waals surface area contributed by atoms with Crippen molar-refractivity contribution >= 4 is 23.4 Å². The molecular weight excluding hydrogens is 310 g/mol. The van der Waals surface area contributed by atoms with Crippen molar-refractivity contribution in [3.63, 3.8) is 0 Å². The Morgan fingerprint density at radius 2 is 1.87 bits per heavy atom. The molecule has 0 saturated heterocycles. The van der Waals surface area contributed by atoms with Gasteiger partial charge in [-0.3, -0.25) is 4.79 Å². The van der Waals surface area contributed by atoms with E-state index in [9.17, 15) is 4.79 Å². The third-order valence-electron chi connectivity index (χ3n) is 3.19. The first-order valence-electron chi connectivity index (χ1n) is 7.47. The SMILES string of the molecule is CCOc1ccccc1NC(=O)[C@@H](C)Sc1ccc(OC)cc1. The lowest BCUT2D eigenvalue weighted by Crippen LogP contribution is -2.22. The van der Waals surface area contributed by atoms with Crippen LogP contribution in [-0.4, -0.2) is 24.9 Å². The Bertz CT molecular complexity index is 643. The minimum atomic E-state index is -0.224. The van der Waals surface area contributed by atoms with Crippen molar-refractivity contribution in [3.8, 4) is 11.5 Å². The summed E-state index contributed by atoms with van der Waals surface area (Å²) < 4.78 is 10.7. The maximum Gasteiger partial charge on any atom is 0.237 e. The van der Waals surface area contributed by atoms with Crippen LogP contribution in [0.25, 0.3) is 0 Å². The number of carbonyl (C=O) groups is 1. The van der Waals surface area contributed by atoms with E-state index < -0.39 is 0 Å². The van der Waals surface area contributed by atoms with Crippen molar-refractivity contribution in [2.75, 3.05) is 19.0 Å². The van der Waals surface area contributed by atoms with Gasteiger partial charge in [-0.05, 0) is 50.2 Å². The van der Waals surface area contributed by atoms with Gasteiger partial charge in [0.05, 0.1) is 24.7 Å². The lowest BCUT2D eigenvalue weighted by molar-refractivity contribution is -0.115. The molecule has 1 N–H and O–H groups in total. The zero-order valence-corrected chi connectivity index (χ0v) is 14.4. The molecule has 0 spiro atoms. The summed E-state index contributed by atoms with van der Waals surface area (Å²) in [5.74, 6) is 1.43. The maximum atomic E-state index is 12.4. The van der Waals surface area contributed by atoms with Gasteiger partial charge < -0.3 is 14.8 Å². The predicted octanol–water partition coefficient (Wildman–Crippen LogP) is 4.21. The summed E-state index contributed by atoms with van der Waals surface area (Å²) in [4.78, 5) is 13.4. The topological polar surface area (TPSA) is 47.6 Å². The fourth-order valence-electron chi connectivity index (χ4n) is 2.00. The average molecular weight is 331 g/mol. The number of rotatable bonds is 7. The number of hydrogen-bond acceptors (Lipinski definition) is 4. The third-order valence-corrected chi connectivity index (χ3v) is 4.30. The number of ether oxygens (including phenoxy) is 2. The molecule has 1 atom stereocenters. The summed E-state index contributed by atoms with van der Waals surface area (Å²) in [5, 5.41) is 2.70. The number of hydrogen-bond donors (Lipinski definition) is 1. The fourth-order valence-corrected chi connectivity index (χ4v) is 2.87. The van der Waals surface area contributed by atoms with Crippen LogP contribution in [0, 0.1) is 0 Å². The summed E-state index contributed by atoms with van der Waals surface area (Å²) in [5.41, 5.74) is 0.696. The third kappa shape index (κ3) is 4.93. The normalized spacial score (nSPS) is 11.6. The molecular formula is C18H21NO3S. The molecule has 23 heavy (non-hydrogen) atoms. The van der Waals surface area contributed by atoms with Crippen LogP contribution in [0.1, 0.15) is 13.8 Å². The Morgan fingerprint density at radius 1 is 1.17 bits per heavy atom. The molecule has 2 aromatic carbocycles. The second kappa shape index (κ2) is 8.48. The minimum Gasteiger partial charge on any atom is -0.497 e. The Hall–Kier alpha value is -2.14. The minimum absolute atomic E-state index is 0.0574. The molecule has 0 aliphatic rings. The highest BCUT2D eigenvalue weighted by atomic mass is 32.2. The number of anilines is 1. The average Bonchev–Trinajstić information content (AvgIpc) is 2.57. The lowest BCUT2D eigenvalue weighted by Gasteiger charge is -2.15. The monoisotopic (exact) mass is 331 g/mol. The van der Waals surface area contributed by atoms with E-state index in [-0.39, 0.29) is 11.2 Å². The van der Waals surface area contributed by atoms with Crippen molar-refractivity contribution in [1.82, 2.24) is 0 Å². The highest BCUT2D eigenvalue weighted by Crippen LogP contribution is 2.28. The molecule has 0 aromatic heterocycles. The van der Waals surface area contributed by atoms with E-state index in [4.69, 9.17) is 9.47 Å². The van der Waals surface area contributed by atoms with E-state index in [0.717, 1.165) is 10.6 Å². The van der Waals surface area contributed by atoms with Gasteiger partial charge in [-0.1, -0.05) is 12.1 Å². The van der Waals surface area contributed by atoms with Gasteiger partial charge in [-0.25, -0.2) is 0 Å². The summed E-state index contributed by atoms with van der Waals surface area (Å²) in [6.45, 7) is 4.36. The van der Waals surface area contributed by atoms with Gasteiger partial charge in [0, 0.05) is 4.90 Å². The molecule has 2 rings (SSSR count). The van der Waals surface area contributed by atoms with E-state index in [1.165, 1.54) is 11.8 Å². The van der Waals surface area contributed by atoms with Crippen LogP contribution in [0.3, 0.4) is 0 Å². The molecule has 0 radical (unpaired) electrons. The first-order valence-corrected chi connectivity index (χ1v) is 8.35. The zero-order chi connectivity index (χ0) is 16.7. The number of para-hydroxylation sites is 2. The fraction of sp³-hybridized carbons (Fsp3) is 0.278. The van der Waals surface area contributed by atoms with Crippen molar-refractivity contribution < 1.29 is 14.3 Å². The number of carbonyl (C=O) groups excluding carboxylic acids is 1. The molecule has 1 amide bonds. The number of methoxy groups -OCH3 is 1. The van der Waals surface area contributed by atoms with Gasteiger partial charge in [0.25, 0.3) is 0 Å². The van der Waals surface area contributed by atoms with Crippen molar-refractivity contribution in [2.24, 2.45) is 0 Å². The molecule has 0 aliphatic carbocycles. The molecule has 2 aromatic rings. The summed E-state index contributed by atoms with van der Waals surface area (Å²) >= 11 is 1.50. The number of thioether (sulfide) groups is 1. The summed E-state index contributed by atoms with van der Waals surface area (Å²) in [6.07, 6.45) is 0. The molecule has 122 valence electrons. The van der Waals surface area contributed by atoms with Crippen LogP contribution >= 0.6 is 11.8 Å². The van der Waals surface area contributed by atoms with Crippen LogP contribution < -0.4 is 14.8 Å². The molecule has 0 fully saturated rings. The smallest absolute Gasteiger partial charge is 0.237 e.